The van der Waals surface area contributed by atoms with Gasteiger partial charge in [0.15, 0.2) is 0 Å². The summed E-state index contributed by atoms with van der Waals surface area (Å²) in [5.74, 6) is 1.23. The maximum Gasteiger partial charge on any atom is 0.511 e. The van der Waals surface area contributed by atoms with Crippen molar-refractivity contribution in [1.29, 1.82) is 0 Å². The normalized spacial score (nSPS) is 13.8. The van der Waals surface area contributed by atoms with Crippen molar-refractivity contribution in [1.82, 2.24) is 0 Å². The Morgan fingerprint density at radius 3 is 2.71 bits per heavy atom. The van der Waals surface area contributed by atoms with Crippen LogP contribution in [0.2, 0.25) is 5.02 Å². The van der Waals surface area contributed by atoms with E-state index in [0.29, 0.717) is 23.9 Å². The zero-order valence-electron chi connectivity index (χ0n) is 16.5. The summed E-state index contributed by atoms with van der Waals surface area (Å²) >= 11 is 6.25. The lowest BCUT2D eigenvalue weighted by molar-refractivity contribution is 0.144. The van der Waals surface area contributed by atoms with Gasteiger partial charge in [-0.2, -0.15) is 0 Å². The molecule has 1 aliphatic heterocycles. The van der Waals surface area contributed by atoms with Crippen molar-refractivity contribution in [2.75, 3.05) is 18.1 Å². The quantitative estimate of drug-likeness (QED) is 0.507. The minimum Gasteiger partial charge on any atom is -0.493 e. The van der Waals surface area contributed by atoms with Gasteiger partial charge in [0.2, 0.25) is 0 Å². The molecule has 0 atom stereocenters. The van der Waals surface area contributed by atoms with E-state index < -0.39 is 6.16 Å². The number of ether oxygens (including phenoxy) is 2. The molecule has 0 unspecified atom stereocenters. The first kappa shape index (κ1) is 20.3. The Kier molecular flexibility index (Phi) is 6.04. The number of hydrogen-bond acceptors (Lipinski definition) is 4. The first-order chi connectivity index (χ1) is 13.2. The molecule has 28 heavy (non-hydrogen) atoms. The second kappa shape index (κ2) is 8.31. The molecule has 1 heterocycles. The maximum atomic E-state index is 11.0. The molecule has 0 aromatic heterocycles. The van der Waals surface area contributed by atoms with Crippen molar-refractivity contribution in [2.24, 2.45) is 5.41 Å². The Bertz CT molecular complexity index is 860. The van der Waals surface area contributed by atoms with Crippen LogP contribution < -0.4 is 14.4 Å². The SMILES string of the molecule is CC(C)(C)COc1ccc(Cl)cc1CN1CCCc2c(OC(=O)O)cccc21. The monoisotopic (exact) mass is 403 g/mol. The average molecular weight is 404 g/mol. The van der Waals surface area contributed by atoms with Gasteiger partial charge < -0.3 is 19.5 Å². The second-order valence-electron chi connectivity index (χ2n) is 8.25. The van der Waals surface area contributed by atoms with Gasteiger partial charge in [0.1, 0.15) is 11.5 Å². The number of halogens is 1. The summed E-state index contributed by atoms with van der Waals surface area (Å²) in [7, 11) is 0. The molecule has 3 rings (SSSR count). The molecule has 0 radical (unpaired) electrons. The van der Waals surface area contributed by atoms with Crippen LogP contribution in [0.15, 0.2) is 36.4 Å². The highest BCUT2D eigenvalue weighted by molar-refractivity contribution is 6.30. The Hall–Kier alpha value is -2.40. The Labute approximate surface area is 170 Å². The summed E-state index contributed by atoms with van der Waals surface area (Å²) < 4.78 is 11.0. The molecule has 0 aliphatic carbocycles. The summed E-state index contributed by atoms with van der Waals surface area (Å²) in [5, 5.41) is 9.66. The van der Waals surface area contributed by atoms with E-state index in [0.717, 1.165) is 42.0 Å². The molecule has 2 aromatic rings. The first-order valence-corrected chi connectivity index (χ1v) is 9.79. The molecular weight excluding hydrogens is 378 g/mol. The lowest BCUT2D eigenvalue weighted by Crippen LogP contribution is -2.29. The molecule has 1 aliphatic rings. The van der Waals surface area contributed by atoms with Crippen molar-refractivity contribution < 1.29 is 19.4 Å². The average Bonchev–Trinajstić information content (AvgIpc) is 2.60. The molecule has 0 saturated heterocycles. The van der Waals surface area contributed by atoms with E-state index in [2.05, 4.69) is 25.7 Å². The zero-order chi connectivity index (χ0) is 20.3. The van der Waals surface area contributed by atoms with E-state index in [-0.39, 0.29) is 5.41 Å². The fourth-order valence-electron chi connectivity index (χ4n) is 3.33. The predicted octanol–water partition coefficient (Wildman–Crippen LogP) is 5.77. The number of benzene rings is 2. The smallest absolute Gasteiger partial charge is 0.493 e. The first-order valence-electron chi connectivity index (χ1n) is 9.42. The highest BCUT2D eigenvalue weighted by Crippen LogP contribution is 2.36. The van der Waals surface area contributed by atoms with E-state index in [9.17, 15) is 4.79 Å². The third-order valence-electron chi connectivity index (χ3n) is 4.55. The largest absolute Gasteiger partial charge is 0.511 e. The molecule has 0 spiro atoms. The van der Waals surface area contributed by atoms with Gasteiger partial charge in [-0.1, -0.05) is 38.4 Å². The van der Waals surface area contributed by atoms with Crippen LogP contribution in [-0.4, -0.2) is 24.4 Å². The van der Waals surface area contributed by atoms with Crippen LogP contribution in [0.25, 0.3) is 0 Å². The molecule has 5 nitrogen and oxygen atoms in total. The van der Waals surface area contributed by atoms with Crippen LogP contribution in [0.3, 0.4) is 0 Å². The number of carboxylic acid groups (broad SMARTS) is 1. The molecule has 0 fully saturated rings. The van der Waals surface area contributed by atoms with Crippen molar-refractivity contribution in [3.63, 3.8) is 0 Å². The number of carbonyl (C=O) groups is 1. The van der Waals surface area contributed by atoms with Gasteiger partial charge >= 0.3 is 6.16 Å². The van der Waals surface area contributed by atoms with Gasteiger partial charge in [0.25, 0.3) is 0 Å². The van der Waals surface area contributed by atoms with Gasteiger partial charge in [-0.05, 0) is 48.6 Å². The van der Waals surface area contributed by atoms with E-state index in [1.807, 2.05) is 30.3 Å². The van der Waals surface area contributed by atoms with Gasteiger partial charge in [0, 0.05) is 34.9 Å². The molecule has 2 aromatic carbocycles. The number of fused-ring (bicyclic) bond motifs is 1. The number of hydrogen-bond donors (Lipinski definition) is 1. The third-order valence-corrected chi connectivity index (χ3v) is 4.78. The highest BCUT2D eigenvalue weighted by Gasteiger charge is 2.23. The fraction of sp³-hybridized carbons (Fsp3) is 0.409. The molecular formula is C22H26ClNO4. The predicted molar refractivity (Wildman–Crippen MR) is 111 cm³/mol. The highest BCUT2D eigenvalue weighted by atomic mass is 35.5. The maximum absolute atomic E-state index is 11.0. The van der Waals surface area contributed by atoms with Gasteiger partial charge in [-0.15, -0.1) is 0 Å². The second-order valence-corrected chi connectivity index (χ2v) is 8.68. The van der Waals surface area contributed by atoms with Crippen LogP contribution in [0.1, 0.15) is 38.3 Å². The molecule has 0 amide bonds. The van der Waals surface area contributed by atoms with Crippen molar-refractivity contribution in [2.45, 2.75) is 40.2 Å². The minimum atomic E-state index is -1.29. The topological polar surface area (TPSA) is 59.0 Å². The molecule has 0 bridgehead atoms. The van der Waals surface area contributed by atoms with Gasteiger partial charge in [-0.3, -0.25) is 0 Å². The molecule has 6 heteroatoms. The molecule has 0 saturated carbocycles. The Morgan fingerprint density at radius 2 is 2.00 bits per heavy atom. The van der Waals surface area contributed by atoms with Gasteiger partial charge in [0.05, 0.1) is 6.61 Å². The summed E-state index contributed by atoms with van der Waals surface area (Å²) in [4.78, 5) is 13.2. The summed E-state index contributed by atoms with van der Waals surface area (Å²) in [5.41, 5.74) is 2.98. The lowest BCUT2D eigenvalue weighted by atomic mass is 9.98. The Morgan fingerprint density at radius 1 is 1.21 bits per heavy atom. The minimum absolute atomic E-state index is 0.0533. The van der Waals surface area contributed by atoms with Crippen LogP contribution in [-0.2, 0) is 13.0 Å². The third kappa shape index (κ3) is 5.10. The summed E-state index contributed by atoms with van der Waals surface area (Å²) in [6.45, 7) is 8.50. The van der Waals surface area contributed by atoms with Crippen LogP contribution in [0.4, 0.5) is 10.5 Å². The van der Waals surface area contributed by atoms with E-state index in [1.54, 1.807) is 6.07 Å². The van der Waals surface area contributed by atoms with Crippen LogP contribution >= 0.6 is 11.6 Å². The van der Waals surface area contributed by atoms with E-state index in [1.165, 1.54) is 0 Å². The fourth-order valence-corrected chi connectivity index (χ4v) is 3.53. The summed E-state index contributed by atoms with van der Waals surface area (Å²) in [6, 6.07) is 11.2. The molecule has 1 N–H and O–H groups in total. The zero-order valence-corrected chi connectivity index (χ0v) is 17.3. The summed E-state index contributed by atoms with van der Waals surface area (Å²) in [6.07, 6.45) is 0.419. The lowest BCUT2D eigenvalue weighted by Gasteiger charge is -2.32. The number of anilines is 1. The van der Waals surface area contributed by atoms with E-state index >= 15 is 0 Å². The number of nitrogens with zero attached hydrogens (tertiary/aromatic N) is 1. The van der Waals surface area contributed by atoms with E-state index in [4.69, 9.17) is 26.2 Å². The standard InChI is InChI=1S/C22H26ClNO4/c1-22(2,3)14-27-19-10-9-16(23)12-15(19)13-24-11-5-6-17-18(24)7-4-8-20(17)28-21(25)26/h4,7-10,12H,5-6,11,13-14H2,1-3H3,(H,25,26). The van der Waals surface area contributed by atoms with Crippen LogP contribution in [0, 0.1) is 5.41 Å². The van der Waals surface area contributed by atoms with Gasteiger partial charge in [-0.25, -0.2) is 4.79 Å². The Balaban J connectivity index is 1.88. The van der Waals surface area contributed by atoms with Crippen molar-refractivity contribution in [3.05, 3.63) is 52.5 Å². The van der Waals surface area contributed by atoms with Crippen molar-refractivity contribution >= 4 is 23.4 Å². The van der Waals surface area contributed by atoms with Crippen LogP contribution in [0.5, 0.6) is 11.5 Å². The van der Waals surface area contributed by atoms with Crippen molar-refractivity contribution in [3.8, 4) is 11.5 Å². The molecule has 150 valence electrons. The number of rotatable bonds is 5.